The number of amides is 1. The Bertz CT molecular complexity index is 544. The SMILES string of the molecule is CC(C)(C)CC(=O)CC(C)(C)CC(=O)N[C@@H](CO)c1ccccc1. The van der Waals surface area contributed by atoms with Crippen molar-refractivity contribution < 1.29 is 14.7 Å². The van der Waals surface area contributed by atoms with E-state index in [1.54, 1.807) is 0 Å². The molecule has 0 aliphatic heterocycles. The van der Waals surface area contributed by atoms with Crippen molar-refractivity contribution in [3.63, 3.8) is 0 Å². The van der Waals surface area contributed by atoms with Crippen molar-refractivity contribution in [3.05, 3.63) is 35.9 Å². The maximum Gasteiger partial charge on any atom is 0.221 e. The van der Waals surface area contributed by atoms with E-state index in [9.17, 15) is 14.7 Å². The monoisotopic (exact) mass is 333 g/mol. The zero-order chi connectivity index (χ0) is 18.4. The summed E-state index contributed by atoms with van der Waals surface area (Å²) in [6.07, 6.45) is 1.15. The predicted molar refractivity (Wildman–Crippen MR) is 96.5 cm³/mol. The highest BCUT2D eigenvalue weighted by Gasteiger charge is 2.28. The zero-order valence-electron chi connectivity index (χ0n) is 15.6. The average molecular weight is 333 g/mol. The van der Waals surface area contributed by atoms with Crippen molar-refractivity contribution in [2.45, 2.75) is 59.9 Å². The summed E-state index contributed by atoms with van der Waals surface area (Å²) in [6, 6.07) is 8.97. The van der Waals surface area contributed by atoms with E-state index >= 15 is 0 Å². The molecule has 0 spiro atoms. The van der Waals surface area contributed by atoms with Crippen LogP contribution in [0.15, 0.2) is 30.3 Å². The van der Waals surface area contributed by atoms with Crippen molar-refractivity contribution >= 4 is 11.7 Å². The molecule has 0 unspecified atom stereocenters. The molecule has 1 rings (SSSR count). The van der Waals surface area contributed by atoms with Crippen LogP contribution in [0.25, 0.3) is 0 Å². The first-order valence-corrected chi connectivity index (χ1v) is 8.49. The Morgan fingerprint density at radius 1 is 1.00 bits per heavy atom. The third kappa shape index (κ3) is 7.73. The first-order chi connectivity index (χ1) is 11.0. The van der Waals surface area contributed by atoms with Crippen LogP contribution in [0.3, 0.4) is 0 Å². The quantitative estimate of drug-likeness (QED) is 0.763. The lowest BCUT2D eigenvalue weighted by molar-refractivity contribution is -0.126. The second-order valence-corrected chi connectivity index (χ2v) is 8.51. The smallest absolute Gasteiger partial charge is 0.221 e. The fourth-order valence-corrected chi connectivity index (χ4v) is 2.85. The second kappa shape index (κ2) is 8.43. The fourth-order valence-electron chi connectivity index (χ4n) is 2.85. The first-order valence-electron chi connectivity index (χ1n) is 8.49. The van der Waals surface area contributed by atoms with Gasteiger partial charge < -0.3 is 10.4 Å². The summed E-state index contributed by atoms with van der Waals surface area (Å²) in [5, 5.41) is 12.4. The molecule has 0 saturated heterocycles. The van der Waals surface area contributed by atoms with Crippen LogP contribution in [-0.4, -0.2) is 23.4 Å². The number of hydrogen-bond donors (Lipinski definition) is 2. The van der Waals surface area contributed by atoms with Gasteiger partial charge in [-0.25, -0.2) is 0 Å². The molecule has 4 heteroatoms. The van der Waals surface area contributed by atoms with E-state index in [-0.39, 0.29) is 30.1 Å². The lowest BCUT2D eigenvalue weighted by atomic mass is 9.79. The van der Waals surface area contributed by atoms with Crippen LogP contribution < -0.4 is 5.32 Å². The van der Waals surface area contributed by atoms with E-state index in [4.69, 9.17) is 0 Å². The van der Waals surface area contributed by atoms with Gasteiger partial charge in [0.15, 0.2) is 0 Å². The van der Waals surface area contributed by atoms with E-state index < -0.39 is 11.5 Å². The molecule has 0 aliphatic rings. The van der Waals surface area contributed by atoms with E-state index in [0.29, 0.717) is 12.8 Å². The number of ketones is 1. The topological polar surface area (TPSA) is 66.4 Å². The van der Waals surface area contributed by atoms with Gasteiger partial charge in [0, 0.05) is 19.3 Å². The standard InChI is InChI=1S/C20H31NO3/c1-19(2,3)11-16(23)12-20(4,5)13-18(24)21-17(14-22)15-9-7-6-8-10-15/h6-10,17,22H,11-14H2,1-5H3,(H,21,24)/t17-/m0/s1. The van der Waals surface area contributed by atoms with E-state index in [0.717, 1.165) is 5.56 Å². The Hall–Kier alpha value is -1.68. The van der Waals surface area contributed by atoms with Gasteiger partial charge in [0.05, 0.1) is 12.6 Å². The number of Topliss-reactive ketones (excluding diaryl/α,β-unsaturated/α-hetero) is 1. The summed E-state index contributed by atoms with van der Waals surface area (Å²) in [4.78, 5) is 24.5. The average Bonchev–Trinajstić information content (AvgIpc) is 2.42. The minimum atomic E-state index is -0.417. The highest BCUT2D eigenvalue weighted by molar-refractivity contribution is 5.82. The zero-order valence-corrected chi connectivity index (χ0v) is 15.6. The van der Waals surface area contributed by atoms with Gasteiger partial charge >= 0.3 is 0 Å². The number of nitrogens with one attached hydrogen (secondary N) is 1. The fraction of sp³-hybridized carbons (Fsp3) is 0.600. The molecule has 0 saturated carbocycles. The molecule has 1 aromatic carbocycles. The molecule has 0 radical (unpaired) electrons. The summed E-state index contributed by atoms with van der Waals surface area (Å²) in [5.74, 6) is 0.0357. The lowest BCUT2D eigenvalue weighted by Gasteiger charge is -2.26. The van der Waals surface area contributed by atoms with Gasteiger partial charge in [-0.05, 0) is 16.4 Å². The van der Waals surface area contributed by atoms with Gasteiger partial charge in [0.25, 0.3) is 0 Å². The highest BCUT2D eigenvalue weighted by atomic mass is 16.3. The van der Waals surface area contributed by atoms with Crippen molar-refractivity contribution in [1.82, 2.24) is 5.32 Å². The second-order valence-electron chi connectivity index (χ2n) is 8.51. The lowest BCUT2D eigenvalue weighted by Crippen LogP contribution is -2.34. The number of carbonyl (C=O) groups is 2. The Balaban J connectivity index is 2.60. The molecule has 0 aromatic heterocycles. The molecule has 2 N–H and O–H groups in total. The number of rotatable bonds is 8. The number of hydrogen-bond acceptors (Lipinski definition) is 3. The van der Waals surface area contributed by atoms with E-state index in [1.165, 1.54) is 0 Å². The summed E-state index contributed by atoms with van der Waals surface area (Å²) < 4.78 is 0. The van der Waals surface area contributed by atoms with Gasteiger partial charge in [0.2, 0.25) is 5.91 Å². The molecule has 1 aromatic rings. The van der Waals surface area contributed by atoms with Gasteiger partial charge in [0.1, 0.15) is 5.78 Å². The Morgan fingerprint density at radius 2 is 1.58 bits per heavy atom. The molecular weight excluding hydrogens is 302 g/mol. The molecule has 0 fully saturated rings. The molecular formula is C20H31NO3. The highest BCUT2D eigenvalue weighted by Crippen LogP contribution is 2.29. The summed E-state index contributed by atoms with van der Waals surface area (Å²) in [7, 11) is 0. The molecule has 24 heavy (non-hydrogen) atoms. The molecule has 1 amide bonds. The molecule has 4 nitrogen and oxygen atoms in total. The van der Waals surface area contributed by atoms with Gasteiger partial charge in [-0.3, -0.25) is 9.59 Å². The minimum absolute atomic E-state index is 0.0370. The predicted octanol–water partition coefficient (Wildman–Crippen LogP) is 3.65. The summed E-state index contributed by atoms with van der Waals surface area (Å²) >= 11 is 0. The number of aliphatic hydroxyl groups excluding tert-OH is 1. The van der Waals surface area contributed by atoms with Crippen LogP contribution in [0, 0.1) is 10.8 Å². The Labute approximate surface area is 145 Å². The van der Waals surface area contributed by atoms with Gasteiger partial charge in [-0.2, -0.15) is 0 Å². The minimum Gasteiger partial charge on any atom is -0.394 e. The summed E-state index contributed by atoms with van der Waals surface area (Å²) in [6.45, 7) is 9.83. The number of carbonyl (C=O) groups excluding carboxylic acids is 2. The Kier molecular flexibility index (Phi) is 7.15. The van der Waals surface area contributed by atoms with E-state index in [1.807, 2.05) is 65.0 Å². The normalized spacial score (nSPS) is 13.4. The van der Waals surface area contributed by atoms with Crippen molar-refractivity contribution in [2.75, 3.05) is 6.61 Å². The number of benzene rings is 1. The van der Waals surface area contributed by atoms with Crippen molar-refractivity contribution in [2.24, 2.45) is 10.8 Å². The number of aliphatic hydroxyl groups is 1. The molecule has 0 aliphatic carbocycles. The van der Waals surface area contributed by atoms with Crippen LogP contribution in [-0.2, 0) is 9.59 Å². The third-order valence-corrected chi connectivity index (χ3v) is 3.76. The van der Waals surface area contributed by atoms with Crippen LogP contribution in [0.4, 0.5) is 0 Å². The Morgan fingerprint density at radius 3 is 2.08 bits per heavy atom. The van der Waals surface area contributed by atoms with Crippen LogP contribution >= 0.6 is 0 Å². The third-order valence-electron chi connectivity index (χ3n) is 3.76. The maximum absolute atomic E-state index is 12.3. The van der Waals surface area contributed by atoms with Crippen LogP contribution in [0.2, 0.25) is 0 Å². The largest absolute Gasteiger partial charge is 0.394 e. The molecule has 0 bridgehead atoms. The van der Waals surface area contributed by atoms with Crippen molar-refractivity contribution in [3.8, 4) is 0 Å². The molecule has 1 atom stereocenters. The van der Waals surface area contributed by atoms with E-state index in [2.05, 4.69) is 5.32 Å². The van der Waals surface area contributed by atoms with Gasteiger partial charge in [-0.15, -0.1) is 0 Å². The molecule has 134 valence electrons. The first kappa shape index (κ1) is 20.4. The van der Waals surface area contributed by atoms with Crippen molar-refractivity contribution in [1.29, 1.82) is 0 Å². The molecule has 0 heterocycles. The maximum atomic E-state index is 12.3. The van der Waals surface area contributed by atoms with Crippen LogP contribution in [0.5, 0.6) is 0 Å². The van der Waals surface area contributed by atoms with Gasteiger partial charge in [-0.1, -0.05) is 65.0 Å². The van der Waals surface area contributed by atoms with Crippen LogP contribution in [0.1, 0.15) is 65.5 Å². The summed E-state index contributed by atoms with van der Waals surface area (Å²) in [5.41, 5.74) is 0.434.